The van der Waals surface area contributed by atoms with Crippen LogP contribution in [0.15, 0.2) is 24.3 Å². The molecule has 0 fully saturated rings. The van der Waals surface area contributed by atoms with Crippen molar-refractivity contribution in [3.63, 3.8) is 0 Å². The molecule has 0 aromatic heterocycles. The van der Waals surface area contributed by atoms with Gasteiger partial charge in [-0.1, -0.05) is 6.07 Å². The van der Waals surface area contributed by atoms with Crippen molar-refractivity contribution in [2.45, 2.75) is 0 Å². The maximum absolute atomic E-state index is 11.1. The summed E-state index contributed by atoms with van der Waals surface area (Å²) in [5.74, 6) is -1.81. The SMILES string of the molecule is O=C(O)CONC(=O)COc1cccc([N+](=O)[O-])c1. The van der Waals surface area contributed by atoms with Crippen LogP contribution < -0.4 is 10.2 Å². The van der Waals surface area contributed by atoms with Gasteiger partial charge in [-0.3, -0.25) is 19.7 Å². The second-order valence-corrected chi connectivity index (χ2v) is 3.25. The molecule has 9 heteroatoms. The number of nitrogens with one attached hydrogen (secondary N) is 1. The summed E-state index contributed by atoms with van der Waals surface area (Å²) in [6, 6.07) is 5.29. The van der Waals surface area contributed by atoms with Gasteiger partial charge in [0.05, 0.1) is 11.0 Å². The Hall–Kier alpha value is -2.68. The first-order valence-electron chi connectivity index (χ1n) is 4.98. The lowest BCUT2D eigenvalue weighted by Crippen LogP contribution is -2.30. The Labute approximate surface area is 106 Å². The van der Waals surface area contributed by atoms with Crippen LogP contribution in [0.1, 0.15) is 0 Å². The Kier molecular flexibility index (Phi) is 5.23. The molecule has 2 N–H and O–H groups in total. The normalized spacial score (nSPS) is 9.68. The monoisotopic (exact) mass is 270 g/mol. The molecule has 0 spiro atoms. The van der Waals surface area contributed by atoms with Gasteiger partial charge in [-0.2, -0.15) is 0 Å². The molecule has 0 heterocycles. The van der Waals surface area contributed by atoms with Gasteiger partial charge in [0, 0.05) is 6.07 Å². The number of carboxylic acid groups (broad SMARTS) is 1. The van der Waals surface area contributed by atoms with E-state index in [-0.39, 0.29) is 11.4 Å². The number of carbonyl (C=O) groups is 2. The number of non-ortho nitro benzene ring substituents is 1. The molecule has 0 saturated heterocycles. The molecule has 19 heavy (non-hydrogen) atoms. The highest BCUT2D eigenvalue weighted by Crippen LogP contribution is 2.18. The molecule has 0 unspecified atom stereocenters. The zero-order chi connectivity index (χ0) is 14.3. The molecule has 0 saturated carbocycles. The Morgan fingerprint density at radius 3 is 2.74 bits per heavy atom. The summed E-state index contributed by atoms with van der Waals surface area (Å²) in [6.07, 6.45) is 0. The van der Waals surface area contributed by atoms with Gasteiger partial charge in [0.15, 0.2) is 13.2 Å². The van der Waals surface area contributed by atoms with Crippen LogP contribution in [-0.2, 0) is 14.4 Å². The molecular formula is C10H10N2O7. The molecule has 102 valence electrons. The number of benzene rings is 1. The third-order valence-corrected chi connectivity index (χ3v) is 1.78. The van der Waals surface area contributed by atoms with E-state index in [9.17, 15) is 19.7 Å². The van der Waals surface area contributed by atoms with E-state index in [1.807, 2.05) is 5.48 Å². The van der Waals surface area contributed by atoms with Crippen LogP contribution in [0.5, 0.6) is 5.75 Å². The van der Waals surface area contributed by atoms with Gasteiger partial charge in [0.25, 0.3) is 11.6 Å². The minimum absolute atomic E-state index is 0.141. The summed E-state index contributed by atoms with van der Waals surface area (Å²) in [4.78, 5) is 35.4. The van der Waals surface area contributed by atoms with Gasteiger partial charge in [-0.15, -0.1) is 0 Å². The van der Waals surface area contributed by atoms with Crippen molar-refractivity contribution < 1.29 is 29.2 Å². The Bertz CT molecular complexity index is 489. The Morgan fingerprint density at radius 1 is 1.37 bits per heavy atom. The lowest BCUT2D eigenvalue weighted by Gasteiger charge is -2.06. The van der Waals surface area contributed by atoms with Crippen LogP contribution in [-0.4, -0.2) is 35.1 Å². The van der Waals surface area contributed by atoms with Gasteiger partial charge in [-0.25, -0.2) is 10.3 Å². The minimum Gasteiger partial charge on any atom is -0.483 e. The molecule has 0 atom stereocenters. The molecule has 1 aromatic rings. The van der Waals surface area contributed by atoms with E-state index >= 15 is 0 Å². The van der Waals surface area contributed by atoms with Gasteiger partial charge in [0.1, 0.15) is 5.75 Å². The van der Waals surface area contributed by atoms with Crippen LogP contribution in [0.4, 0.5) is 5.69 Å². The molecule has 0 bridgehead atoms. The summed E-state index contributed by atoms with van der Waals surface area (Å²) in [5.41, 5.74) is 1.68. The maximum atomic E-state index is 11.1. The second-order valence-electron chi connectivity index (χ2n) is 3.25. The molecular weight excluding hydrogens is 260 g/mol. The Balaban J connectivity index is 2.39. The lowest BCUT2D eigenvalue weighted by molar-refractivity contribution is -0.384. The number of carbonyl (C=O) groups excluding carboxylic acids is 1. The van der Waals surface area contributed by atoms with Crippen LogP contribution in [0.25, 0.3) is 0 Å². The quantitative estimate of drug-likeness (QED) is 0.531. The average molecular weight is 270 g/mol. The van der Waals surface area contributed by atoms with Crippen LogP contribution in [0.2, 0.25) is 0 Å². The fourth-order valence-corrected chi connectivity index (χ4v) is 1.04. The number of ether oxygens (including phenoxy) is 1. The van der Waals surface area contributed by atoms with E-state index in [2.05, 4.69) is 4.84 Å². The molecule has 0 aliphatic heterocycles. The van der Waals surface area contributed by atoms with Crippen LogP contribution >= 0.6 is 0 Å². The van der Waals surface area contributed by atoms with Crippen LogP contribution in [0, 0.1) is 10.1 Å². The number of nitrogens with zero attached hydrogens (tertiary/aromatic N) is 1. The van der Waals surface area contributed by atoms with E-state index in [1.54, 1.807) is 0 Å². The smallest absolute Gasteiger partial charge is 0.332 e. The highest BCUT2D eigenvalue weighted by atomic mass is 16.7. The van der Waals surface area contributed by atoms with Gasteiger partial charge < -0.3 is 9.84 Å². The van der Waals surface area contributed by atoms with Crippen molar-refractivity contribution in [3.05, 3.63) is 34.4 Å². The maximum Gasteiger partial charge on any atom is 0.332 e. The molecule has 1 aromatic carbocycles. The van der Waals surface area contributed by atoms with Crippen molar-refractivity contribution in [2.75, 3.05) is 13.2 Å². The number of hydroxylamine groups is 1. The first-order valence-corrected chi connectivity index (χ1v) is 4.98. The molecule has 0 aliphatic rings. The molecule has 1 rings (SSSR count). The molecule has 0 aliphatic carbocycles. The van der Waals surface area contributed by atoms with E-state index < -0.39 is 30.0 Å². The van der Waals surface area contributed by atoms with Crippen molar-refractivity contribution in [1.82, 2.24) is 5.48 Å². The topological polar surface area (TPSA) is 128 Å². The lowest BCUT2D eigenvalue weighted by atomic mass is 10.3. The average Bonchev–Trinajstić information content (AvgIpc) is 2.36. The fraction of sp³-hybridized carbons (Fsp3) is 0.200. The Morgan fingerprint density at radius 2 is 2.11 bits per heavy atom. The van der Waals surface area contributed by atoms with E-state index in [0.29, 0.717) is 0 Å². The van der Waals surface area contributed by atoms with Gasteiger partial charge in [0.2, 0.25) is 0 Å². The number of hydrogen-bond donors (Lipinski definition) is 2. The molecule has 0 radical (unpaired) electrons. The molecule has 1 amide bonds. The van der Waals surface area contributed by atoms with Crippen molar-refractivity contribution in [1.29, 1.82) is 0 Å². The summed E-state index contributed by atoms with van der Waals surface area (Å²) < 4.78 is 4.97. The first kappa shape index (κ1) is 14.4. The first-order chi connectivity index (χ1) is 8.99. The van der Waals surface area contributed by atoms with Gasteiger partial charge >= 0.3 is 5.97 Å². The predicted octanol–water partition coefficient (Wildman–Crippen LogP) is 0.106. The number of hydrogen-bond acceptors (Lipinski definition) is 6. The zero-order valence-corrected chi connectivity index (χ0v) is 9.57. The minimum atomic E-state index is -1.24. The van der Waals surface area contributed by atoms with Crippen LogP contribution in [0.3, 0.4) is 0 Å². The third kappa shape index (κ3) is 5.46. The van der Waals surface area contributed by atoms with E-state index in [0.717, 1.165) is 6.07 Å². The van der Waals surface area contributed by atoms with E-state index in [4.69, 9.17) is 9.84 Å². The van der Waals surface area contributed by atoms with E-state index in [1.165, 1.54) is 18.2 Å². The van der Waals surface area contributed by atoms with Gasteiger partial charge in [-0.05, 0) is 6.07 Å². The highest BCUT2D eigenvalue weighted by Gasteiger charge is 2.08. The molecule has 9 nitrogen and oxygen atoms in total. The predicted molar refractivity (Wildman–Crippen MR) is 60.3 cm³/mol. The second kappa shape index (κ2) is 6.91. The highest BCUT2D eigenvalue weighted by molar-refractivity contribution is 5.76. The summed E-state index contributed by atoms with van der Waals surface area (Å²) in [5, 5.41) is 18.7. The zero-order valence-electron chi connectivity index (χ0n) is 9.57. The summed E-state index contributed by atoms with van der Waals surface area (Å²) in [7, 11) is 0. The summed E-state index contributed by atoms with van der Waals surface area (Å²) >= 11 is 0. The number of nitro benzene ring substituents is 1. The number of rotatable bonds is 7. The fourth-order valence-electron chi connectivity index (χ4n) is 1.04. The standard InChI is InChI=1S/C10H10N2O7/c13-9(11-19-6-10(14)15)5-18-8-3-1-2-7(4-8)12(16)17/h1-4H,5-6H2,(H,11,13)(H,14,15). The van der Waals surface area contributed by atoms with Crippen molar-refractivity contribution >= 4 is 17.6 Å². The number of aliphatic carboxylic acids is 1. The largest absolute Gasteiger partial charge is 0.483 e. The number of amides is 1. The van der Waals surface area contributed by atoms with Crippen molar-refractivity contribution in [3.8, 4) is 5.75 Å². The van der Waals surface area contributed by atoms with Crippen molar-refractivity contribution in [2.24, 2.45) is 0 Å². The third-order valence-electron chi connectivity index (χ3n) is 1.78. The number of carboxylic acids is 1. The summed E-state index contributed by atoms with van der Waals surface area (Å²) in [6.45, 7) is -1.14. The number of nitro groups is 1.